The van der Waals surface area contributed by atoms with Gasteiger partial charge in [-0.3, -0.25) is 0 Å². The van der Waals surface area contributed by atoms with Crippen molar-refractivity contribution < 1.29 is 4.79 Å². The Labute approximate surface area is 103 Å². The van der Waals surface area contributed by atoms with Gasteiger partial charge in [-0.2, -0.15) is 0 Å². The van der Waals surface area contributed by atoms with Crippen LogP contribution in [0, 0.1) is 0 Å². The Balaban J connectivity index is 1.79. The molecule has 0 bridgehead atoms. The third-order valence-electron chi connectivity index (χ3n) is 4.77. The van der Waals surface area contributed by atoms with Crippen LogP contribution in [0.25, 0.3) is 0 Å². The lowest BCUT2D eigenvalue weighted by molar-refractivity contribution is 0.138. The van der Waals surface area contributed by atoms with Crippen molar-refractivity contribution in [3.63, 3.8) is 0 Å². The average Bonchev–Trinajstić information content (AvgIpc) is 2.64. The summed E-state index contributed by atoms with van der Waals surface area (Å²) in [5.74, 6) is 0. The molecule has 96 valence electrons. The Kier molecular flexibility index (Phi) is 2.99. The summed E-state index contributed by atoms with van der Waals surface area (Å²) in [5.41, 5.74) is 0. The second kappa shape index (κ2) is 4.48. The molecule has 1 aliphatic carbocycles. The van der Waals surface area contributed by atoms with E-state index in [1.807, 2.05) is 11.9 Å². The Morgan fingerprint density at radius 2 is 1.71 bits per heavy atom. The molecule has 0 radical (unpaired) electrons. The summed E-state index contributed by atoms with van der Waals surface area (Å²) in [6.45, 7) is 2.13. The summed E-state index contributed by atoms with van der Waals surface area (Å²) in [5, 5.41) is 3.38. The summed E-state index contributed by atoms with van der Waals surface area (Å²) in [4.78, 5) is 16.6. The highest BCUT2D eigenvalue weighted by molar-refractivity contribution is 5.78. The van der Waals surface area contributed by atoms with Gasteiger partial charge in [0, 0.05) is 13.1 Å². The lowest BCUT2D eigenvalue weighted by Crippen LogP contribution is -2.49. The number of carbonyl (C=O) groups is 1. The van der Waals surface area contributed by atoms with Crippen LogP contribution in [-0.4, -0.2) is 54.1 Å². The van der Waals surface area contributed by atoms with Gasteiger partial charge >= 0.3 is 6.03 Å². The SMILES string of the molecule is CN1C(=O)N(C2CCNCC2)[C@H]2CCCC[C@@H]21. The molecular formula is C13H23N3O. The van der Waals surface area contributed by atoms with Crippen LogP contribution < -0.4 is 5.32 Å². The molecule has 3 fully saturated rings. The minimum atomic E-state index is 0.286. The number of rotatable bonds is 1. The van der Waals surface area contributed by atoms with Crippen molar-refractivity contribution in [1.29, 1.82) is 0 Å². The molecule has 17 heavy (non-hydrogen) atoms. The second-order valence-corrected chi connectivity index (χ2v) is 5.70. The summed E-state index contributed by atoms with van der Waals surface area (Å²) in [6, 6.07) is 1.77. The molecule has 0 spiro atoms. The largest absolute Gasteiger partial charge is 0.323 e. The molecule has 0 aromatic rings. The summed E-state index contributed by atoms with van der Waals surface area (Å²) >= 11 is 0. The van der Waals surface area contributed by atoms with Gasteiger partial charge in [0.2, 0.25) is 0 Å². The molecule has 1 N–H and O–H groups in total. The van der Waals surface area contributed by atoms with Crippen molar-refractivity contribution in [2.24, 2.45) is 0 Å². The average molecular weight is 237 g/mol. The smallest absolute Gasteiger partial charge is 0.320 e. The predicted molar refractivity (Wildman–Crippen MR) is 66.9 cm³/mol. The number of carbonyl (C=O) groups excluding carboxylic acids is 1. The van der Waals surface area contributed by atoms with Crippen LogP contribution in [0.3, 0.4) is 0 Å². The zero-order valence-electron chi connectivity index (χ0n) is 10.7. The molecule has 2 saturated heterocycles. The van der Waals surface area contributed by atoms with Crippen molar-refractivity contribution in [3.05, 3.63) is 0 Å². The second-order valence-electron chi connectivity index (χ2n) is 5.70. The Morgan fingerprint density at radius 1 is 1.06 bits per heavy atom. The normalized spacial score (nSPS) is 35.2. The Bertz CT molecular complexity index is 301. The summed E-state index contributed by atoms with van der Waals surface area (Å²) < 4.78 is 0. The number of piperidine rings is 1. The fourth-order valence-electron chi connectivity index (χ4n) is 3.85. The molecule has 4 heteroatoms. The highest BCUT2D eigenvalue weighted by Crippen LogP contribution is 2.35. The first-order valence-corrected chi connectivity index (χ1v) is 7.05. The first-order chi connectivity index (χ1) is 8.29. The minimum Gasteiger partial charge on any atom is -0.323 e. The van der Waals surface area contributed by atoms with Crippen molar-refractivity contribution in [1.82, 2.24) is 15.1 Å². The molecule has 2 atom stereocenters. The van der Waals surface area contributed by atoms with E-state index in [1.54, 1.807) is 0 Å². The maximum absolute atomic E-state index is 12.4. The number of urea groups is 1. The molecule has 2 aliphatic heterocycles. The monoisotopic (exact) mass is 237 g/mol. The van der Waals surface area contributed by atoms with E-state index in [-0.39, 0.29) is 6.03 Å². The van der Waals surface area contributed by atoms with Gasteiger partial charge in [-0.05, 0) is 38.8 Å². The lowest BCUT2D eigenvalue weighted by Gasteiger charge is -2.37. The van der Waals surface area contributed by atoms with E-state index in [1.165, 1.54) is 25.7 Å². The van der Waals surface area contributed by atoms with Crippen LogP contribution in [0.1, 0.15) is 38.5 Å². The van der Waals surface area contributed by atoms with Crippen molar-refractivity contribution >= 4 is 6.03 Å². The summed E-state index contributed by atoms with van der Waals surface area (Å²) in [6.07, 6.45) is 7.26. The van der Waals surface area contributed by atoms with Crippen LogP contribution >= 0.6 is 0 Å². The van der Waals surface area contributed by atoms with E-state index in [2.05, 4.69) is 10.2 Å². The summed E-state index contributed by atoms with van der Waals surface area (Å²) in [7, 11) is 1.99. The van der Waals surface area contributed by atoms with Gasteiger partial charge in [0.25, 0.3) is 0 Å². The van der Waals surface area contributed by atoms with Gasteiger partial charge in [-0.15, -0.1) is 0 Å². The molecule has 2 heterocycles. The highest BCUT2D eigenvalue weighted by Gasteiger charge is 2.47. The van der Waals surface area contributed by atoms with Gasteiger partial charge < -0.3 is 15.1 Å². The molecule has 1 saturated carbocycles. The number of fused-ring (bicyclic) bond motifs is 1. The maximum atomic E-state index is 12.4. The third kappa shape index (κ3) is 1.82. The van der Waals surface area contributed by atoms with E-state index in [0.29, 0.717) is 18.1 Å². The number of nitrogens with zero attached hydrogens (tertiary/aromatic N) is 2. The Morgan fingerprint density at radius 3 is 2.41 bits per heavy atom. The molecule has 3 aliphatic rings. The van der Waals surface area contributed by atoms with Crippen molar-refractivity contribution in [2.45, 2.75) is 56.7 Å². The molecular weight excluding hydrogens is 214 g/mol. The van der Waals surface area contributed by atoms with E-state index in [0.717, 1.165) is 25.9 Å². The number of hydrogen-bond acceptors (Lipinski definition) is 2. The molecule has 0 unspecified atom stereocenters. The van der Waals surface area contributed by atoms with E-state index in [9.17, 15) is 4.79 Å². The van der Waals surface area contributed by atoms with E-state index in [4.69, 9.17) is 0 Å². The first kappa shape index (κ1) is 11.3. The Hall–Kier alpha value is -0.770. The molecule has 3 rings (SSSR count). The maximum Gasteiger partial charge on any atom is 0.320 e. The minimum absolute atomic E-state index is 0.286. The standard InChI is InChI=1S/C13H23N3O/c1-15-11-4-2-3-5-12(11)16(13(15)17)10-6-8-14-9-7-10/h10-12,14H,2-9H2,1H3/t11-,12-/m0/s1. The van der Waals surface area contributed by atoms with Gasteiger partial charge in [-0.1, -0.05) is 12.8 Å². The quantitative estimate of drug-likeness (QED) is 0.748. The van der Waals surface area contributed by atoms with Gasteiger partial charge in [0.05, 0.1) is 12.1 Å². The lowest BCUT2D eigenvalue weighted by atomic mass is 9.89. The van der Waals surface area contributed by atoms with Crippen molar-refractivity contribution in [2.75, 3.05) is 20.1 Å². The van der Waals surface area contributed by atoms with Crippen LogP contribution in [0.5, 0.6) is 0 Å². The van der Waals surface area contributed by atoms with Gasteiger partial charge in [0.15, 0.2) is 0 Å². The topological polar surface area (TPSA) is 35.6 Å². The van der Waals surface area contributed by atoms with E-state index >= 15 is 0 Å². The van der Waals surface area contributed by atoms with Crippen LogP contribution in [0.2, 0.25) is 0 Å². The number of hydrogen-bond donors (Lipinski definition) is 1. The molecule has 0 aromatic heterocycles. The predicted octanol–water partition coefficient (Wildman–Crippen LogP) is 1.42. The zero-order chi connectivity index (χ0) is 11.8. The van der Waals surface area contributed by atoms with Crippen LogP contribution in [0.4, 0.5) is 4.79 Å². The fraction of sp³-hybridized carbons (Fsp3) is 0.923. The number of nitrogens with one attached hydrogen (secondary N) is 1. The molecule has 4 nitrogen and oxygen atoms in total. The number of likely N-dealkylation sites (N-methyl/N-ethyl adjacent to an activating group) is 1. The third-order valence-corrected chi connectivity index (χ3v) is 4.77. The van der Waals surface area contributed by atoms with Crippen LogP contribution in [0.15, 0.2) is 0 Å². The van der Waals surface area contributed by atoms with Crippen molar-refractivity contribution in [3.8, 4) is 0 Å². The van der Waals surface area contributed by atoms with Gasteiger partial charge in [-0.25, -0.2) is 4.79 Å². The highest BCUT2D eigenvalue weighted by atomic mass is 16.2. The van der Waals surface area contributed by atoms with Gasteiger partial charge in [0.1, 0.15) is 0 Å². The fourth-order valence-corrected chi connectivity index (χ4v) is 3.85. The molecule has 0 aromatic carbocycles. The molecule has 2 amide bonds. The van der Waals surface area contributed by atoms with E-state index < -0.39 is 0 Å². The number of amides is 2. The zero-order valence-corrected chi connectivity index (χ0v) is 10.7. The first-order valence-electron chi connectivity index (χ1n) is 7.05. The van der Waals surface area contributed by atoms with Crippen LogP contribution in [-0.2, 0) is 0 Å².